The van der Waals surface area contributed by atoms with Crippen molar-refractivity contribution in [1.29, 1.82) is 0 Å². The van der Waals surface area contributed by atoms with Gasteiger partial charge >= 0.3 is 0 Å². The van der Waals surface area contributed by atoms with Crippen molar-refractivity contribution in [2.45, 2.75) is 32.2 Å². The third-order valence-corrected chi connectivity index (χ3v) is 5.21. The van der Waals surface area contributed by atoms with Gasteiger partial charge in [0, 0.05) is 24.2 Å². The van der Waals surface area contributed by atoms with Gasteiger partial charge in [-0.3, -0.25) is 9.59 Å². The summed E-state index contributed by atoms with van der Waals surface area (Å²) >= 11 is 0. The third kappa shape index (κ3) is 4.64. The molecule has 2 aromatic rings. The van der Waals surface area contributed by atoms with Gasteiger partial charge in [-0.25, -0.2) is 0 Å². The van der Waals surface area contributed by atoms with E-state index in [0.717, 1.165) is 30.5 Å². The number of amides is 2. The summed E-state index contributed by atoms with van der Waals surface area (Å²) < 4.78 is 0. The Morgan fingerprint density at radius 2 is 1.85 bits per heavy atom. The lowest BCUT2D eigenvalue weighted by atomic mass is 9.92. The Morgan fingerprint density at radius 3 is 2.56 bits per heavy atom. The highest BCUT2D eigenvalue weighted by molar-refractivity contribution is 6.04. The Balaban J connectivity index is 1.69. The van der Waals surface area contributed by atoms with Gasteiger partial charge in [0.25, 0.3) is 5.91 Å². The molecule has 2 atom stereocenters. The molecule has 0 fully saturated rings. The van der Waals surface area contributed by atoms with Gasteiger partial charge in [-0.05, 0) is 56.0 Å². The van der Waals surface area contributed by atoms with Crippen molar-refractivity contribution in [1.82, 2.24) is 4.90 Å². The molecule has 4 nitrogen and oxygen atoms in total. The lowest BCUT2D eigenvalue weighted by Gasteiger charge is -2.30. The number of carbonyl (C=O) groups is 2. The number of carbonyl (C=O) groups excluding carboxylic acids is 2. The normalized spacial score (nSPS) is 17.2. The molecule has 4 heteroatoms. The van der Waals surface area contributed by atoms with Gasteiger partial charge in [0.05, 0.1) is 6.04 Å². The molecule has 0 heterocycles. The van der Waals surface area contributed by atoms with Gasteiger partial charge in [-0.15, -0.1) is 0 Å². The molecule has 0 bridgehead atoms. The van der Waals surface area contributed by atoms with Crippen LogP contribution in [0.15, 0.2) is 66.7 Å². The van der Waals surface area contributed by atoms with E-state index in [9.17, 15) is 9.59 Å². The Kier molecular flexibility index (Phi) is 6.07. The maximum Gasteiger partial charge on any atom is 0.255 e. The number of benzene rings is 2. The Bertz CT molecular complexity index is 829. The van der Waals surface area contributed by atoms with E-state index in [1.807, 2.05) is 61.3 Å². The van der Waals surface area contributed by atoms with Crippen LogP contribution in [0.3, 0.4) is 0 Å². The SMILES string of the molecule is C[C@@H](c1cccc(NC(=O)c2ccccc2)c1)N(C)C(=O)[C@@H]1CC=CCC1. The van der Waals surface area contributed by atoms with Crippen molar-refractivity contribution >= 4 is 17.5 Å². The van der Waals surface area contributed by atoms with Crippen LogP contribution in [0.2, 0.25) is 0 Å². The zero-order valence-electron chi connectivity index (χ0n) is 15.9. The molecule has 27 heavy (non-hydrogen) atoms. The topological polar surface area (TPSA) is 49.4 Å². The second-order valence-corrected chi connectivity index (χ2v) is 7.05. The molecule has 0 spiro atoms. The summed E-state index contributed by atoms with van der Waals surface area (Å²) in [7, 11) is 1.86. The summed E-state index contributed by atoms with van der Waals surface area (Å²) in [6, 6.07) is 16.8. The molecule has 1 N–H and O–H groups in total. The first kappa shape index (κ1) is 18.9. The van der Waals surface area contributed by atoms with E-state index in [1.54, 1.807) is 12.1 Å². The smallest absolute Gasteiger partial charge is 0.255 e. The molecule has 2 amide bonds. The average Bonchev–Trinajstić information content (AvgIpc) is 2.73. The molecule has 0 aliphatic heterocycles. The van der Waals surface area contributed by atoms with Crippen LogP contribution in [0.25, 0.3) is 0 Å². The maximum atomic E-state index is 12.8. The van der Waals surface area contributed by atoms with Gasteiger partial charge in [0.15, 0.2) is 0 Å². The van der Waals surface area contributed by atoms with Gasteiger partial charge < -0.3 is 10.2 Å². The van der Waals surface area contributed by atoms with Crippen LogP contribution in [0.4, 0.5) is 5.69 Å². The summed E-state index contributed by atoms with van der Waals surface area (Å²) in [4.78, 5) is 27.0. The van der Waals surface area contributed by atoms with Crippen molar-refractivity contribution in [3.05, 3.63) is 77.9 Å². The number of anilines is 1. The molecule has 0 aromatic heterocycles. The first-order valence-corrected chi connectivity index (χ1v) is 9.44. The first-order valence-electron chi connectivity index (χ1n) is 9.44. The van der Waals surface area contributed by atoms with Crippen LogP contribution >= 0.6 is 0 Å². The summed E-state index contributed by atoms with van der Waals surface area (Å²) in [5.41, 5.74) is 2.35. The molecule has 0 saturated carbocycles. The molecule has 1 aliphatic rings. The second-order valence-electron chi connectivity index (χ2n) is 7.05. The lowest BCUT2D eigenvalue weighted by molar-refractivity contribution is -0.136. The van der Waals surface area contributed by atoms with Crippen LogP contribution in [0, 0.1) is 5.92 Å². The van der Waals surface area contributed by atoms with Gasteiger partial charge in [-0.2, -0.15) is 0 Å². The standard InChI is InChI=1S/C23H26N2O2/c1-17(25(2)23(27)19-12-7-4-8-13-19)20-14-9-15-21(16-20)24-22(26)18-10-5-3-6-11-18/h3-7,9-11,14-17,19H,8,12-13H2,1-2H3,(H,24,26)/t17-,19+/m0/s1. The van der Waals surface area contributed by atoms with E-state index in [-0.39, 0.29) is 23.8 Å². The zero-order chi connectivity index (χ0) is 19.2. The number of allylic oxidation sites excluding steroid dienone is 2. The third-order valence-electron chi connectivity index (χ3n) is 5.21. The predicted molar refractivity (Wildman–Crippen MR) is 109 cm³/mol. The lowest BCUT2D eigenvalue weighted by Crippen LogP contribution is -2.35. The monoisotopic (exact) mass is 362 g/mol. The fraction of sp³-hybridized carbons (Fsp3) is 0.304. The van der Waals surface area contributed by atoms with E-state index in [1.165, 1.54) is 0 Å². The van der Waals surface area contributed by atoms with Crippen LogP contribution < -0.4 is 5.32 Å². The summed E-state index contributed by atoms with van der Waals surface area (Å²) in [6.45, 7) is 2.02. The summed E-state index contributed by atoms with van der Waals surface area (Å²) in [6.07, 6.45) is 6.96. The molecular formula is C23H26N2O2. The van der Waals surface area contributed by atoms with E-state index in [0.29, 0.717) is 5.56 Å². The van der Waals surface area contributed by atoms with Crippen molar-refractivity contribution in [3.8, 4) is 0 Å². The van der Waals surface area contributed by atoms with Crippen molar-refractivity contribution in [2.75, 3.05) is 12.4 Å². The van der Waals surface area contributed by atoms with Crippen LogP contribution in [0.1, 0.15) is 48.1 Å². The zero-order valence-corrected chi connectivity index (χ0v) is 15.9. The number of nitrogens with one attached hydrogen (secondary N) is 1. The van der Waals surface area contributed by atoms with Gasteiger partial charge in [-0.1, -0.05) is 42.5 Å². The van der Waals surface area contributed by atoms with E-state index in [4.69, 9.17) is 0 Å². The highest BCUT2D eigenvalue weighted by Gasteiger charge is 2.25. The Morgan fingerprint density at radius 1 is 1.07 bits per heavy atom. The fourth-order valence-corrected chi connectivity index (χ4v) is 3.39. The van der Waals surface area contributed by atoms with Crippen molar-refractivity contribution in [2.24, 2.45) is 5.92 Å². The highest BCUT2D eigenvalue weighted by Crippen LogP contribution is 2.27. The Labute approximate surface area is 160 Å². The summed E-state index contributed by atoms with van der Waals surface area (Å²) in [5, 5.41) is 2.93. The Hall–Kier alpha value is -2.88. The molecule has 2 aromatic carbocycles. The first-order chi connectivity index (χ1) is 13.1. The minimum atomic E-state index is -0.140. The summed E-state index contributed by atoms with van der Waals surface area (Å²) in [5.74, 6) is 0.118. The minimum Gasteiger partial charge on any atom is -0.339 e. The van der Waals surface area contributed by atoms with E-state index >= 15 is 0 Å². The number of nitrogens with zero attached hydrogens (tertiary/aromatic N) is 1. The average molecular weight is 362 g/mol. The van der Waals surface area contributed by atoms with Crippen molar-refractivity contribution < 1.29 is 9.59 Å². The van der Waals surface area contributed by atoms with Crippen molar-refractivity contribution in [3.63, 3.8) is 0 Å². The molecule has 1 aliphatic carbocycles. The highest BCUT2D eigenvalue weighted by atomic mass is 16.2. The predicted octanol–water partition coefficient (Wildman–Crippen LogP) is 4.81. The number of hydrogen-bond donors (Lipinski definition) is 1. The molecule has 140 valence electrons. The van der Waals surface area contributed by atoms with Crippen LogP contribution in [0.5, 0.6) is 0 Å². The quantitative estimate of drug-likeness (QED) is 0.776. The number of hydrogen-bond acceptors (Lipinski definition) is 2. The molecular weight excluding hydrogens is 336 g/mol. The maximum absolute atomic E-state index is 12.8. The van der Waals surface area contributed by atoms with Gasteiger partial charge in [0.2, 0.25) is 5.91 Å². The number of rotatable bonds is 5. The van der Waals surface area contributed by atoms with E-state index < -0.39 is 0 Å². The minimum absolute atomic E-state index is 0.0583. The van der Waals surface area contributed by atoms with Crippen LogP contribution in [-0.2, 0) is 4.79 Å². The largest absolute Gasteiger partial charge is 0.339 e. The van der Waals surface area contributed by atoms with Crippen LogP contribution in [-0.4, -0.2) is 23.8 Å². The molecule has 0 saturated heterocycles. The second kappa shape index (κ2) is 8.67. The molecule has 0 unspecified atom stereocenters. The fourth-order valence-electron chi connectivity index (χ4n) is 3.39. The van der Waals surface area contributed by atoms with E-state index in [2.05, 4.69) is 17.5 Å². The van der Waals surface area contributed by atoms with Gasteiger partial charge in [0.1, 0.15) is 0 Å². The molecule has 0 radical (unpaired) electrons. The molecule has 3 rings (SSSR count).